The lowest BCUT2D eigenvalue weighted by molar-refractivity contribution is 0.233. The first-order chi connectivity index (χ1) is 3.66. The second-order valence-electron chi connectivity index (χ2n) is 1.76. The molecule has 0 saturated carbocycles. The molecule has 0 aliphatic rings. The molecule has 3 heteroatoms. The van der Waals surface area contributed by atoms with Crippen molar-refractivity contribution >= 4 is 8.03 Å². The predicted octanol–water partition coefficient (Wildman–Crippen LogP) is 2.17. The summed E-state index contributed by atoms with van der Waals surface area (Å²) in [6, 6.07) is 0. The Morgan fingerprint density at radius 3 is 2.38 bits per heavy atom. The average molecular weight is 135 g/mol. The Balaban J connectivity index is 3.24. The number of rotatable bonds is 3. The van der Waals surface area contributed by atoms with Gasteiger partial charge in [-0.3, -0.25) is 0 Å². The van der Waals surface area contributed by atoms with Gasteiger partial charge in [0, 0.05) is 0 Å². The SMILES string of the molecule is CCC(C)O[P+](C)=O. The topological polar surface area (TPSA) is 26.3 Å². The van der Waals surface area contributed by atoms with Crippen LogP contribution in [0.15, 0.2) is 0 Å². The van der Waals surface area contributed by atoms with Crippen LogP contribution < -0.4 is 0 Å². The molecule has 0 aliphatic heterocycles. The first-order valence-electron chi connectivity index (χ1n) is 2.74. The van der Waals surface area contributed by atoms with Crippen LogP contribution in [0.3, 0.4) is 0 Å². The Hall–Kier alpha value is 0.0600. The number of hydrogen-bond donors (Lipinski definition) is 0. The highest BCUT2D eigenvalue weighted by molar-refractivity contribution is 7.38. The van der Waals surface area contributed by atoms with Gasteiger partial charge >= 0.3 is 8.03 Å². The lowest BCUT2D eigenvalue weighted by Crippen LogP contribution is -1.98. The highest BCUT2D eigenvalue weighted by Gasteiger charge is 2.11. The Morgan fingerprint density at radius 2 is 2.25 bits per heavy atom. The van der Waals surface area contributed by atoms with Crippen LogP contribution in [0.5, 0.6) is 0 Å². The molecule has 0 aromatic carbocycles. The highest BCUT2D eigenvalue weighted by Crippen LogP contribution is 2.19. The van der Waals surface area contributed by atoms with Gasteiger partial charge in [-0.1, -0.05) is 6.92 Å². The molecule has 0 aliphatic carbocycles. The van der Waals surface area contributed by atoms with Gasteiger partial charge in [0.15, 0.2) is 6.66 Å². The van der Waals surface area contributed by atoms with Gasteiger partial charge in [0.25, 0.3) is 0 Å². The van der Waals surface area contributed by atoms with Gasteiger partial charge in [-0.15, -0.1) is 4.52 Å². The first-order valence-corrected chi connectivity index (χ1v) is 4.37. The minimum atomic E-state index is -1.40. The fourth-order valence-electron chi connectivity index (χ4n) is 0.328. The molecular formula is C5H12O2P+. The van der Waals surface area contributed by atoms with Gasteiger partial charge in [-0.2, -0.15) is 0 Å². The van der Waals surface area contributed by atoms with Crippen LogP contribution in [0, 0.1) is 0 Å². The van der Waals surface area contributed by atoms with E-state index in [0.717, 1.165) is 6.42 Å². The number of hydrogen-bond acceptors (Lipinski definition) is 2. The van der Waals surface area contributed by atoms with Crippen LogP contribution in [-0.4, -0.2) is 12.8 Å². The fourth-order valence-corrected chi connectivity index (χ4v) is 0.984. The zero-order valence-corrected chi connectivity index (χ0v) is 6.44. The van der Waals surface area contributed by atoms with Crippen LogP contribution >= 0.6 is 8.03 Å². The molecule has 0 bridgehead atoms. The summed E-state index contributed by atoms with van der Waals surface area (Å²) in [7, 11) is -1.40. The molecule has 0 spiro atoms. The first kappa shape index (κ1) is 8.06. The molecule has 2 nitrogen and oxygen atoms in total. The standard InChI is InChI=1S/C5H12O2P/c1-4-5(2)7-8(3)6/h5H,4H2,1-3H3/q+1. The van der Waals surface area contributed by atoms with Gasteiger partial charge in [0.2, 0.25) is 0 Å². The lowest BCUT2D eigenvalue weighted by Gasteiger charge is -1.95. The molecule has 8 heavy (non-hydrogen) atoms. The van der Waals surface area contributed by atoms with Crippen molar-refractivity contribution in [2.45, 2.75) is 26.4 Å². The third-order valence-corrected chi connectivity index (χ3v) is 1.56. The van der Waals surface area contributed by atoms with Crippen molar-refractivity contribution in [1.82, 2.24) is 0 Å². The predicted molar refractivity (Wildman–Crippen MR) is 34.4 cm³/mol. The van der Waals surface area contributed by atoms with E-state index in [4.69, 9.17) is 4.52 Å². The third kappa shape index (κ3) is 4.23. The molecule has 2 atom stereocenters. The average Bonchev–Trinajstić information content (AvgIpc) is 1.65. The van der Waals surface area contributed by atoms with Crippen molar-refractivity contribution in [1.29, 1.82) is 0 Å². The van der Waals surface area contributed by atoms with Crippen LogP contribution in [-0.2, 0) is 9.09 Å². The summed E-state index contributed by atoms with van der Waals surface area (Å²) in [5.74, 6) is 0. The Morgan fingerprint density at radius 1 is 1.75 bits per heavy atom. The second kappa shape index (κ2) is 3.99. The molecule has 0 rings (SSSR count). The smallest absolute Gasteiger partial charge is 0.143 e. The fraction of sp³-hybridized carbons (Fsp3) is 1.00. The Labute approximate surface area is 51.1 Å². The minimum absolute atomic E-state index is 0.142. The summed E-state index contributed by atoms with van der Waals surface area (Å²) in [6.45, 7) is 5.49. The van der Waals surface area contributed by atoms with E-state index in [1.54, 1.807) is 6.66 Å². The van der Waals surface area contributed by atoms with Crippen molar-refractivity contribution < 1.29 is 9.09 Å². The quantitative estimate of drug-likeness (QED) is 0.554. The van der Waals surface area contributed by atoms with Crippen LogP contribution in [0.1, 0.15) is 20.3 Å². The monoisotopic (exact) mass is 135 g/mol. The maximum atomic E-state index is 10.3. The van der Waals surface area contributed by atoms with Crippen molar-refractivity contribution in [2.24, 2.45) is 0 Å². The minimum Gasteiger partial charge on any atom is -0.143 e. The summed E-state index contributed by atoms with van der Waals surface area (Å²) in [6.07, 6.45) is 1.07. The molecule has 0 aromatic heterocycles. The zero-order chi connectivity index (χ0) is 6.57. The summed E-state index contributed by atoms with van der Waals surface area (Å²) in [5, 5.41) is 0. The normalized spacial score (nSPS) is 15.6. The molecule has 0 amide bonds. The molecule has 48 valence electrons. The Bertz CT molecular complexity index is 82.5. The molecular weight excluding hydrogens is 123 g/mol. The van der Waals surface area contributed by atoms with Gasteiger partial charge in [-0.05, 0) is 17.9 Å². The van der Waals surface area contributed by atoms with E-state index in [2.05, 4.69) is 0 Å². The van der Waals surface area contributed by atoms with E-state index < -0.39 is 8.03 Å². The molecule has 0 saturated heterocycles. The molecule has 0 radical (unpaired) electrons. The zero-order valence-electron chi connectivity index (χ0n) is 5.55. The summed E-state index contributed by atoms with van der Waals surface area (Å²) in [4.78, 5) is 0. The van der Waals surface area contributed by atoms with Crippen molar-refractivity contribution in [3.8, 4) is 0 Å². The van der Waals surface area contributed by atoms with Crippen LogP contribution in [0.4, 0.5) is 0 Å². The van der Waals surface area contributed by atoms with E-state index in [1.807, 2.05) is 13.8 Å². The summed E-state index contributed by atoms with van der Waals surface area (Å²) < 4.78 is 15.2. The van der Waals surface area contributed by atoms with Gasteiger partial charge in [-0.25, -0.2) is 0 Å². The van der Waals surface area contributed by atoms with E-state index in [0.29, 0.717) is 0 Å². The van der Waals surface area contributed by atoms with Crippen molar-refractivity contribution in [2.75, 3.05) is 6.66 Å². The van der Waals surface area contributed by atoms with Crippen molar-refractivity contribution in [3.63, 3.8) is 0 Å². The molecule has 0 aromatic rings. The van der Waals surface area contributed by atoms with E-state index in [-0.39, 0.29) is 6.10 Å². The second-order valence-corrected chi connectivity index (χ2v) is 2.85. The summed E-state index contributed by atoms with van der Waals surface area (Å²) >= 11 is 0. The highest BCUT2D eigenvalue weighted by atomic mass is 31.1. The largest absolute Gasteiger partial charge is 0.505 e. The van der Waals surface area contributed by atoms with Crippen LogP contribution in [0.25, 0.3) is 0 Å². The third-order valence-electron chi connectivity index (χ3n) is 0.903. The molecule has 0 heterocycles. The Kier molecular flexibility index (Phi) is 4.02. The van der Waals surface area contributed by atoms with Gasteiger partial charge in [0.05, 0.1) is 0 Å². The lowest BCUT2D eigenvalue weighted by atomic mass is 10.3. The van der Waals surface area contributed by atoms with E-state index in [9.17, 15) is 4.57 Å². The van der Waals surface area contributed by atoms with Gasteiger partial charge < -0.3 is 0 Å². The maximum Gasteiger partial charge on any atom is 0.505 e. The molecule has 0 fully saturated rings. The van der Waals surface area contributed by atoms with E-state index in [1.165, 1.54) is 0 Å². The van der Waals surface area contributed by atoms with Crippen molar-refractivity contribution in [3.05, 3.63) is 0 Å². The summed E-state index contributed by atoms with van der Waals surface area (Å²) in [5.41, 5.74) is 0. The molecule has 2 unspecified atom stereocenters. The van der Waals surface area contributed by atoms with E-state index >= 15 is 0 Å². The molecule has 0 N–H and O–H groups in total. The van der Waals surface area contributed by atoms with Gasteiger partial charge in [0.1, 0.15) is 6.10 Å². The maximum absolute atomic E-state index is 10.3. The van der Waals surface area contributed by atoms with Crippen LogP contribution in [0.2, 0.25) is 0 Å².